The lowest BCUT2D eigenvalue weighted by Crippen LogP contribution is -2.01. The van der Waals surface area contributed by atoms with Crippen molar-refractivity contribution in [3.05, 3.63) is 0 Å². The van der Waals surface area contributed by atoms with E-state index in [1.54, 1.807) is 0 Å². The van der Waals surface area contributed by atoms with Gasteiger partial charge in [-0.15, -0.1) is 11.8 Å². The molecule has 5 heteroatoms. The van der Waals surface area contributed by atoms with Gasteiger partial charge >= 0.3 is 0 Å². The van der Waals surface area contributed by atoms with Gasteiger partial charge in [0.15, 0.2) is 0 Å². The fourth-order valence-corrected chi connectivity index (χ4v) is 2.50. The summed E-state index contributed by atoms with van der Waals surface area (Å²) in [6, 6.07) is 0. The minimum absolute atomic E-state index is 0.341. The second-order valence-electron chi connectivity index (χ2n) is 2.11. The van der Waals surface area contributed by atoms with Crippen LogP contribution in [-0.4, -0.2) is 19.0 Å². The molecule has 0 bridgehead atoms. The van der Waals surface area contributed by atoms with Crippen LogP contribution in [0.5, 0.6) is 0 Å². The van der Waals surface area contributed by atoms with Gasteiger partial charge in [-0.3, -0.25) is 0 Å². The first kappa shape index (κ1) is 11.8. The van der Waals surface area contributed by atoms with Gasteiger partial charge in [0, 0.05) is 5.25 Å². The quantitative estimate of drug-likeness (QED) is 0.555. The standard InChI is InChI=1S/C6H13O2PS2/c1-3-5(4-2)11-6(10)9(7)8/h5,7-8H,3-4H2,1-2H3. The molecular weight excluding hydrogens is 199 g/mol. The molecule has 0 aromatic rings. The molecular formula is C6H13O2PS2. The zero-order valence-electron chi connectivity index (χ0n) is 6.65. The van der Waals surface area contributed by atoms with Gasteiger partial charge in [-0.2, -0.15) is 0 Å². The predicted octanol–water partition coefficient (Wildman–Crippen LogP) is 2.49. The van der Waals surface area contributed by atoms with Crippen LogP contribution in [0.25, 0.3) is 0 Å². The van der Waals surface area contributed by atoms with E-state index in [1.165, 1.54) is 11.8 Å². The van der Waals surface area contributed by atoms with E-state index in [-0.39, 0.29) is 0 Å². The Kier molecular flexibility index (Phi) is 6.78. The summed E-state index contributed by atoms with van der Waals surface area (Å²) in [7, 11) is -2.01. The van der Waals surface area contributed by atoms with E-state index in [9.17, 15) is 0 Å². The lowest BCUT2D eigenvalue weighted by molar-refractivity contribution is 0.502. The van der Waals surface area contributed by atoms with Crippen molar-refractivity contribution in [3.63, 3.8) is 0 Å². The molecule has 11 heavy (non-hydrogen) atoms. The third-order valence-electron chi connectivity index (χ3n) is 1.34. The van der Waals surface area contributed by atoms with E-state index in [1.807, 2.05) is 0 Å². The van der Waals surface area contributed by atoms with Crippen LogP contribution >= 0.6 is 32.4 Å². The van der Waals surface area contributed by atoms with E-state index < -0.39 is 8.38 Å². The summed E-state index contributed by atoms with van der Waals surface area (Å²) in [5.41, 5.74) is 0. The molecule has 0 saturated heterocycles. The topological polar surface area (TPSA) is 40.5 Å². The van der Waals surface area contributed by atoms with Gasteiger partial charge < -0.3 is 9.79 Å². The second-order valence-corrected chi connectivity index (χ2v) is 5.72. The molecule has 0 aromatic carbocycles. The maximum absolute atomic E-state index is 8.72. The van der Waals surface area contributed by atoms with E-state index in [0.717, 1.165) is 12.8 Å². The first-order valence-corrected chi connectivity index (χ1v) is 6.03. The molecule has 0 rings (SSSR count). The van der Waals surface area contributed by atoms with Gasteiger partial charge in [0.05, 0.1) is 0 Å². The van der Waals surface area contributed by atoms with Gasteiger partial charge in [-0.1, -0.05) is 26.1 Å². The monoisotopic (exact) mass is 212 g/mol. The summed E-state index contributed by atoms with van der Waals surface area (Å²) in [4.78, 5) is 17.4. The largest absolute Gasteiger partial charge is 0.346 e. The smallest absolute Gasteiger partial charge is 0.218 e. The summed E-state index contributed by atoms with van der Waals surface area (Å²) >= 11 is 6.19. The van der Waals surface area contributed by atoms with Crippen molar-refractivity contribution in [1.29, 1.82) is 0 Å². The summed E-state index contributed by atoms with van der Waals surface area (Å²) in [5, 5.41) is 0.437. The molecule has 66 valence electrons. The van der Waals surface area contributed by atoms with Crippen molar-refractivity contribution in [1.82, 2.24) is 0 Å². The van der Waals surface area contributed by atoms with Crippen LogP contribution in [0.15, 0.2) is 0 Å². The van der Waals surface area contributed by atoms with E-state index in [4.69, 9.17) is 22.0 Å². The molecule has 0 atom stereocenters. The van der Waals surface area contributed by atoms with Crippen LogP contribution in [0.4, 0.5) is 0 Å². The molecule has 0 amide bonds. The maximum Gasteiger partial charge on any atom is 0.218 e. The van der Waals surface area contributed by atoms with Gasteiger partial charge in [0.2, 0.25) is 8.38 Å². The Balaban J connectivity index is 3.72. The van der Waals surface area contributed by atoms with E-state index >= 15 is 0 Å². The molecule has 0 fully saturated rings. The van der Waals surface area contributed by atoms with E-state index in [0.29, 0.717) is 9.19 Å². The van der Waals surface area contributed by atoms with Crippen molar-refractivity contribution in [2.75, 3.05) is 0 Å². The summed E-state index contributed by atoms with van der Waals surface area (Å²) in [6.45, 7) is 4.14. The van der Waals surface area contributed by atoms with Crippen molar-refractivity contribution in [2.24, 2.45) is 0 Å². The SMILES string of the molecule is CCC(CC)SC(=S)P(O)O. The number of rotatable bonds is 4. The van der Waals surface area contributed by atoms with Gasteiger partial charge in [-0.25, -0.2) is 0 Å². The lowest BCUT2D eigenvalue weighted by Gasteiger charge is -2.12. The van der Waals surface area contributed by atoms with E-state index in [2.05, 4.69) is 13.8 Å². The predicted molar refractivity (Wildman–Crippen MR) is 55.9 cm³/mol. The van der Waals surface area contributed by atoms with Crippen molar-refractivity contribution >= 4 is 36.3 Å². The molecule has 2 N–H and O–H groups in total. The zero-order chi connectivity index (χ0) is 8.85. The Morgan fingerprint density at radius 1 is 1.45 bits per heavy atom. The van der Waals surface area contributed by atoms with Crippen molar-refractivity contribution in [2.45, 2.75) is 31.9 Å². The van der Waals surface area contributed by atoms with Crippen LogP contribution in [-0.2, 0) is 0 Å². The molecule has 0 aliphatic heterocycles. The summed E-state index contributed by atoms with van der Waals surface area (Å²) in [6.07, 6.45) is 2.04. The highest BCUT2D eigenvalue weighted by molar-refractivity contribution is 8.34. The van der Waals surface area contributed by atoms with Crippen LogP contribution < -0.4 is 0 Å². The minimum Gasteiger partial charge on any atom is -0.346 e. The van der Waals surface area contributed by atoms with Crippen LogP contribution in [0, 0.1) is 0 Å². The lowest BCUT2D eigenvalue weighted by atomic mass is 10.3. The Hall–Kier alpha value is 0.790. The molecule has 0 aliphatic rings. The highest BCUT2D eigenvalue weighted by Gasteiger charge is 2.13. The first-order valence-electron chi connectivity index (χ1n) is 3.50. The Labute approximate surface area is 78.3 Å². The normalized spacial score (nSPS) is 11.1. The molecule has 0 aliphatic carbocycles. The minimum atomic E-state index is -2.01. The molecule has 0 unspecified atom stereocenters. The van der Waals surface area contributed by atoms with Gasteiger partial charge in [0.1, 0.15) is 3.94 Å². The number of hydrogen-bond donors (Lipinski definition) is 2. The maximum atomic E-state index is 8.72. The molecule has 0 radical (unpaired) electrons. The second kappa shape index (κ2) is 6.32. The fourth-order valence-electron chi connectivity index (χ4n) is 0.645. The third kappa shape index (κ3) is 5.10. The summed E-state index contributed by atoms with van der Waals surface area (Å²) < 4.78 is 0.341. The molecule has 2 nitrogen and oxygen atoms in total. The fraction of sp³-hybridized carbons (Fsp3) is 0.833. The number of thioether (sulfide) groups is 1. The first-order chi connectivity index (χ1) is 5.11. The Morgan fingerprint density at radius 3 is 2.18 bits per heavy atom. The van der Waals surface area contributed by atoms with Crippen LogP contribution in [0.1, 0.15) is 26.7 Å². The number of hydrogen-bond acceptors (Lipinski definition) is 4. The highest BCUT2D eigenvalue weighted by Crippen LogP contribution is 2.36. The van der Waals surface area contributed by atoms with Crippen molar-refractivity contribution < 1.29 is 9.79 Å². The third-order valence-corrected chi connectivity index (χ3v) is 4.45. The number of thiocarbonyl (C=S) groups is 1. The van der Waals surface area contributed by atoms with Crippen molar-refractivity contribution in [3.8, 4) is 0 Å². The average molecular weight is 212 g/mol. The van der Waals surface area contributed by atoms with Gasteiger partial charge in [0.25, 0.3) is 0 Å². The highest BCUT2D eigenvalue weighted by atomic mass is 32.2. The Bertz CT molecular complexity index is 126. The van der Waals surface area contributed by atoms with Crippen LogP contribution in [0.3, 0.4) is 0 Å². The Morgan fingerprint density at radius 2 is 1.91 bits per heavy atom. The zero-order valence-corrected chi connectivity index (χ0v) is 9.18. The molecule has 0 saturated carbocycles. The molecule has 0 heterocycles. The van der Waals surface area contributed by atoms with Crippen LogP contribution in [0.2, 0.25) is 0 Å². The molecule has 0 spiro atoms. The van der Waals surface area contributed by atoms with Gasteiger partial charge in [-0.05, 0) is 12.8 Å². The average Bonchev–Trinajstić information content (AvgIpc) is 1.99. The summed E-state index contributed by atoms with van der Waals surface area (Å²) in [5.74, 6) is 0. The molecule has 0 aromatic heterocycles.